The Labute approximate surface area is 123 Å². The number of aromatic nitrogens is 2. The molecule has 4 nitrogen and oxygen atoms in total. The van der Waals surface area contributed by atoms with Crippen molar-refractivity contribution in [1.29, 1.82) is 0 Å². The smallest absolute Gasteiger partial charge is 0.136 e. The minimum Gasteiger partial charge on any atom is -0.373 e. The molecule has 20 heavy (non-hydrogen) atoms. The Bertz CT molecular complexity index is 563. The lowest BCUT2D eigenvalue weighted by atomic mass is 10.2. The standard InChI is InChI=1S/C15H20N4S/c1-3-11(12-5-4-8-20-12)17-14-9-13(16-2)18-15(19-14)10-6-7-10/h4-5,8-11H,3,6-7H2,1-2H3,(H2,16,17,18,19). The third-order valence-corrected chi connectivity index (χ3v) is 4.55. The van der Waals surface area contributed by atoms with Gasteiger partial charge in [-0.3, -0.25) is 0 Å². The van der Waals surface area contributed by atoms with Gasteiger partial charge in [-0.05, 0) is 30.7 Å². The Morgan fingerprint density at radius 3 is 2.75 bits per heavy atom. The number of hydrogen-bond donors (Lipinski definition) is 2. The summed E-state index contributed by atoms with van der Waals surface area (Å²) in [6, 6.07) is 6.58. The lowest BCUT2D eigenvalue weighted by Crippen LogP contribution is -2.11. The van der Waals surface area contributed by atoms with Gasteiger partial charge >= 0.3 is 0 Å². The van der Waals surface area contributed by atoms with Crippen molar-refractivity contribution >= 4 is 23.0 Å². The molecule has 0 radical (unpaired) electrons. The van der Waals surface area contributed by atoms with Crippen LogP contribution in [0.2, 0.25) is 0 Å². The molecule has 1 atom stereocenters. The Hall–Kier alpha value is -1.62. The summed E-state index contributed by atoms with van der Waals surface area (Å²) >= 11 is 1.79. The molecule has 0 spiro atoms. The maximum absolute atomic E-state index is 4.68. The van der Waals surface area contributed by atoms with E-state index in [1.54, 1.807) is 11.3 Å². The molecule has 2 aromatic rings. The summed E-state index contributed by atoms with van der Waals surface area (Å²) in [6.07, 6.45) is 3.47. The van der Waals surface area contributed by atoms with Crippen LogP contribution in [0, 0.1) is 0 Å². The van der Waals surface area contributed by atoms with Gasteiger partial charge < -0.3 is 10.6 Å². The lowest BCUT2D eigenvalue weighted by Gasteiger charge is -2.17. The highest BCUT2D eigenvalue weighted by molar-refractivity contribution is 7.10. The molecule has 2 aromatic heterocycles. The molecule has 2 N–H and O–H groups in total. The first-order chi connectivity index (χ1) is 9.80. The van der Waals surface area contributed by atoms with Gasteiger partial charge in [0.25, 0.3) is 0 Å². The topological polar surface area (TPSA) is 49.8 Å². The Kier molecular flexibility index (Phi) is 3.87. The van der Waals surface area contributed by atoms with Crippen molar-refractivity contribution in [2.24, 2.45) is 0 Å². The van der Waals surface area contributed by atoms with Crippen molar-refractivity contribution in [3.05, 3.63) is 34.3 Å². The van der Waals surface area contributed by atoms with Crippen LogP contribution < -0.4 is 10.6 Å². The van der Waals surface area contributed by atoms with Gasteiger partial charge in [0.05, 0.1) is 6.04 Å². The highest BCUT2D eigenvalue weighted by atomic mass is 32.1. The van der Waals surface area contributed by atoms with Crippen LogP contribution in [0.5, 0.6) is 0 Å². The largest absolute Gasteiger partial charge is 0.373 e. The lowest BCUT2D eigenvalue weighted by molar-refractivity contribution is 0.754. The molecule has 0 aliphatic heterocycles. The fourth-order valence-corrected chi connectivity index (χ4v) is 3.10. The predicted octanol–water partition coefficient (Wildman–Crippen LogP) is 4.02. The van der Waals surface area contributed by atoms with E-state index in [1.165, 1.54) is 17.7 Å². The average Bonchev–Trinajstić information content (AvgIpc) is 3.20. The van der Waals surface area contributed by atoms with Gasteiger partial charge in [-0.1, -0.05) is 13.0 Å². The van der Waals surface area contributed by atoms with Gasteiger partial charge in [0.1, 0.15) is 17.5 Å². The zero-order chi connectivity index (χ0) is 13.9. The van der Waals surface area contributed by atoms with Gasteiger partial charge in [0, 0.05) is 23.9 Å². The van der Waals surface area contributed by atoms with Crippen LogP contribution in [-0.2, 0) is 0 Å². The van der Waals surface area contributed by atoms with E-state index in [0.717, 1.165) is 23.9 Å². The molecule has 0 bridgehead atoms. The molecule has 0 saturated heterocycles. The summed E-state index contributed by atoms with van der Waals surface area (Å²) in [5.41, 5.74) is 0. The van der Waals surface area contributed by atoms with Crippen molar-refractivity contribution in [3.63, 3.8) is 0 Å². The number of nitrogens with zero attached hydrogens (tertiary/aromatic N) is 2. The summed E-state index contributed by atoms with van der Waals surface area (Å²) in [4.78, 5) is 10.6. The molecule has 1 aliphatic rings. The molecule has 106 valence electrons. The molecule has 1 unspecified atom stereocenters. The molecule has 2 heterocycles. The number of nitrogens with one attached hydrogen (secondary N) is 2. The second-order valence-electron chi connectivity index (χ2n) is 5.14. The first kappa shape index (κ1) is 13.4. The summed E-state index contributed by atoms with van der Waals surface area (Å²) in [7, 11) is 1.90. The first-order valence-electron chi connectivity index (χ1n) is 7.16. The van der Waals surface area contributed by atoms with E-state index in [9.17, 15) is 0 Å². The summed E-state index contributed by atoms with van der Waals surface area (Å²) < 4.78 is 0. The fraction of sp³-hybridized carbons (Fsp3) is 0.467. The van der Waals surface area contributed by atoms with Gasteiger partial charge in [-0.2, -0.15) is 0 Å². The Balaban J connectivity index is 1.83. The van der Waals surface area contributed by atoms with Crippen molar-refractivity contribution in [2.75, 3.05) is 17.7 Å². The molecule has 0 amide bonds. The molecule has 1 aliphatic carbocycles. The second-order valence-corrected chi connectivity index (χ2v) is 6.12. The average molecular weight is 288 g/mol. The first-order valence-corrected chi connectivity index (χ1v) is 8.04. The predicted molar refractivity (Wildman–Crippen MR) is 84.5 cm³/mol. The van der Waals surface area contributed by atoms with Crippen LogP contribution in [0.25, 0.3) is 0 Å². The van der Waals surface area contributed by atoms with Crippen LogP contribution in [0.3, 0.4) is 0 Å². The zero-order valence-corrected chi connectivity index (χ0v) is 12.7. The third-order valence-electron chi connectivity index (χ3n) is 3.56. The van der Waals surface area contributed by atoms with E-state index in [2.05, 4.69) is 45.0 Å². The van der Waals surface area contributed by atoms with Crippen LogP contribution in [-0.4, -0.2) is 17.0 Å². The van der Waals surface area contributed by atoms with E-state index in [1.807, 2.05) is 13.1 Å². The van der Waals surface area contributed by atoms with E-state index in [4.69, 9.17) is 0 Å². The monoisotopic (exact) mass is 288 g/mol. The third kappa shape index (κ3) is 2.93. The number of anilines is 2. The summed E-state index contributed by atoms with van der Waals surface area (Å²) in [5.74, 6) is 3.35. The van der Waals surface area contributed by atoms with Gasteiger partial charge in [-0.25, -0.2) is 9.97 Å². The zero-order valence-electron chi connectivity index (χ0n) is 11.9. The van der Waals surface area contributed by atoms with E-state index < -0.39 is 0 Å². The molecule has 1 fully saturated rings. The molecular formula is C15H20N4S. The Morgan fingerprint density at radius 2 is 2.15 bits per heavy atom. The fourth-order valence-electron chi connectivity index (χ4n) is 2.23. The van der Waals surface area contributed by atoms with Gasteiger partial charge in [0.2, 0.25) is 0 Å². The van der Waals surface area contributed by atoms with E-state index in [-0.39, 0.29) is 0 Å². The molecule has 1 saturated carbocycles. The highest BCUT2D eigenvalue weighted by Crippen LogP contribution is 2.39. The molecular weight excluding hydrogens is 268 g/mol. The van der Waals surface area contributed by atoms with Crippen molar-refractivity contribution in [3.8, 4) is 0 Å². The maximum Gasteiger partial charge on any atom is 0.136 e. The highest BCUT2D eigenvalue weighted by Gasteiger charge is 2.27. The van der Waals surface area contributed by atoms with Crippen LogP contribution >= 0.6 is 11.3 Å². The molecule has 0 aromatic carbocycles. The number of hydrogen-bond acceptors (Lipinski definition) is 5. The SMILES string of the molecule is CCC(Nc1cc(NC)nc(C2CC2)n1)c1cccs1. The van der Waals surface area contributed by atoms with Crippen molar-refractivity contribution in [1.82, 2.24) is 9.97 Å². The minimum atomic E-state index is 0.321. The summed E-state index contributed by atoms with van der Waals surface area (Å²) in [5, 5.41) is 8.80. The van der Waals surface area contributed by atoms with E-state index >= 15 is 0 Å². The van der Waals surface area contributed by atoms with Gasteiger partial charge in [-0.15, -0.1) is 11.3 Å². The molecule has 3 rings (SSSR count). The quantitative estimate of drug-likeness (QED) is 0.843. The normalized spacial score (nSPS) is 15.9. The number of rotatable bonds is 6. The van der Waals surface area contributed by atoms with Crippen LogP contribution in [0.4, 0.5) is 11.6 Å². The summed E-state index contributed by atoms with van der Waals surface area (Å²) in [6.45, 7) is 2.19. The van der Waals surface area contributed by atoms with Crippen LogP contribution in [0.1, 0.15) is 48.8 Å². The Morgan fingerprint density at radius 1 is 1.35 bits per heavy atom. The minimum absolute atomic E-state index is 0.321. The van der Waals surface area contributed by atoms with Crippen LogP contribution in [0.15, 0.2) is 23.6 Å². The van der Waals surface area contributed by atoms with Crippen molar-refractivity contribution < 1.29 is 0 Å². The number of thiophene rings is 1. The second kappa shape index (κ2) is 5.79. The van der Waals surface area contributed by atoms with Crippen molar-refractivity contribution in [2.45, 2.75) is 38.1 Å². The van der Waals surface area contributed by atoms with Gasteiger partial charge in [0.15, 0.2) is 0 Å². The maximum atomic E-state index is 4.68. The van der Waals surface area contributed by atoms with E-state index in [0.29, 0.717) is 12.0 Å². The molecule has 5 heteroatoms.